The SMILES string of the molecule is CC[C@H]1C(C(=O)O)=C(C)c2ccc(N(Cc3ccccc3)Cc3ccccc3)cc21. The average Bonchev–Trinajstić information content (AvgIpc) is 3.06. The molecule has 0 bridgehead atoms. The summed E-state index contributed by atoms with van der Waals surface area (Å²) in [7, 11) is 0. The number of anilines is 1. The van der Waals surface area contributed by atoms with E-state index in [9.17, 15) is 9.90 Å². The Labute approximate surface area is 178 Å². The predicted octanol–water partition coefficient (Wildman–Crippen LogP) is 6.26. The van der Waals surface area contributed by atoms with Gasteiger partial charge in [-0.2, -0.15) is 0 Å². The van der Waals surface area contributed by atoms with E-state index in [1.54, 1.807) is 0 Å². The Morgan fingerprint density at radius 2 is 1.47 bits per heavy atom. The molecule has 0 amide bonds. The summed E-state index contributed by atoms with van der Waals surface area (Å²) in [5.41, 5.74) is 7.27. The van der Waals surface area contributed by atoms with Gasteiger partial charge in [0, 0.05) is 30.3 Å². The normalized spacial score (nSPS) is 15.2. The lowest BCUT2D eigenvalue weighted by atomic mass is 9.92. The maximum Gasteiger partial charge on any atom is 0.332 e. The number of fused-ring (bicyclic) bond motifs is 1. The lowest BCUT2D eigenvalue weighted by Crippen LogP contribution is -2.22. The van der Waals surface area contributed by atoms with Gasteiger partial charge >= 0.3 is 5.97 Å². The largest absolute Gasteiger partial charge is 0.478 e. The van der Waals surface area contributed by atoms with Crippen LogP contribution in [0.1, 0.15) is 48.4 Å². The van der Waals surface area contributed by atoms with Crippen molar-refractivity contribution in [3.05, 3.63) is 107 Å². The third-order valence-electron chi connectivity index (χ3n) is 6.00. The lowest BCUT2D eigenvalue weighted by molar-refractivity contribution is -0.132. The highest BCUT2D eigenvalue weighted by atomic mass is 16.4. The molecule has 1 N–H and O–H groups in total. The van der Waals surface area contributed by atoms with Crippen molar-refractivity contribution in [1.82, 2.24) is 0 Å². The first kappa shape index (κ1) is 20.0. The fraction of sp³-hybridized carbons (Fsp3) is 0.222. The summed E-state index contributed by atoms with van der Waals surface area (Å²) in [5, 5.41) is 9.76. The Balaban J connectivity index is 1.72. The summed E-state index contributed by atoms with van der Waals surface area (Å²) in [5.74, 6) is -0.852. The zero-order chi connectivity index (χ0) is 21.1. The molecular formula is C27H27NO2. The molecule has 30 heavy (non-hydrogen) atoms. The summed E-state index contributed by atoms with van der Waals surface area (Å²) in [6.07, 6.45) is 0.785. The molecule has 1 aliphatic carbocycles. The second kappa shape index (κ2) is 8.58. The molecule has 0 radical (unpaired) electrons. The zero-order valence-electron chi connectivity index (χ0n) is 17.5. The fourth-order valence-corrected chi connectivity index (χ4v) is 4.52. The number of benzene rings is 3. The number of nitrogens with zero attached hydrogens (tertiary/aromatic N) is 1. The van der Waals surface area contributed by atoms with Crippen LogP contribution in [0.5, 0.6) is 0 Å². The van der Waals surface area contributed by atoms with Crippen molar-refractivity contribution in [2.45, 2.75) is 39.3 Å². The molecular weight excluding hydrogens is 370 g/mol. The molecule has 0 spiro atoms. The lowest BCUT2D eigenvalue weighted by Gasteiger charge is -2.26. The number of rotatable bonds is 7. The van der Waals surface area contributed by atoms with Crippen molar-refractivity contribution >= 4 is 17.2 Å². The number of hydrogen-bond donors (Lipinski definition) is 1. The number of hydrogen-bond acceptors (Lipinski definition) is 2. The molecule has 3 aromatic carbocycles. The Kier molecular flexibility index (Phi) is 5.71. The van der Waals surface area contributed by atoms with Crippen molar-refractivity contribution in [2.75, 3.05) is 4.90 Å². The third kappa shape index (κ3) is 3.88. The molecule has 0 saturated heterocycles. The second-order valence-corrected chi connectivity index (χ2v) is 7.90. The van der Waals surface area contributed by atoms with Gasteiger partial charge in [-0.3, -0.25) is 0 Å². The van der Waals surface area contributed by atoms with Crippen LogP contribution in [0.15, 0.2) is 84.4 Å². The first-order valence-electron chi connectivity index (χ1n) is 10.5. The van der Waals surface area contributed by atoms with Gasteiger partial charge in [-0.15, -0.1) is 0 Å². The van der Waals surface area contributed by atoms with Crippen LogP contribution in [-0.4, -0.2) is 11.1 Å². The number of allylic oxidation sites excluding steroid dienone is 1. The monoisotopic (exact) mass is 397 g/mol. The third-order valence-corrected chi connectivity index (χ3v) is 6.00. The van der Waals surface area contributed by atoms with Crippen LogP contribution in [0.25, 0.3) is 5.57 Å². The highest BCUT2D eigenvalue weighted by Crippen LogP contribution is 2.45. The van der Waals surface area contributed by atoms with Gasteiger partial charge in [-0.25, -0.2) is 4.79 Å². The Morgan fingerprint density at radius 3 is 1.97 bits per heavy atom. The average molecular weight is 398 g/mol. The molecule has 0 saturated carbocycles. The molecule has 4 rings (SSSR count). The maximum atomic E-state index is 11.9. The van der Waals surface area contributed by atoms with E-state index in [1.165, 1.54) is 11.1 Å². The van der Waals surface area contributed by atoms with Crippen molar-refractivity contribution in [3.63, 3.8) is 0 Å². The number of carboxylic acid groups (broad SMARTS) is 1. The molecule has 0 unspecified atom stereocenters. The molecule has 0 aliphatic heterocycles. The highest BCUT2D eigenvalue weighted by Gasteiger charge is 2.32. The van der Waals surface area contributed by atoms with E-state index in [2.05, 4.69) is 78.6 Å². The Morgan fingerprint density at radius 1 is 0.900 bits per heavy atom. The molecule has 3 nitrogen and oxygen atoms in total. The van der Waals surface area contributed by atoms with Gasteiger partial charge < -0.3 is 10.0 Å². The Bertz CT molecular complexity index is 1030. The van der Waals surface area contributed by atoms with Crippen LogP contribution >= 0.6 is 0 Å². The zero-order valence-corrected chi connectivity index (χ0v) is 17.5. The molecule has 1 atom stereocenters. The van der Waals surface area contributed by atoms with Gasteiger partial charge in [0.1, 0.15) is 0 Å². The summed E-state index contributed by atoms with van der Waals surface area (Å²) in [4.78, 5) is 14.2. The Hall–Kier alpha value is -3.33. The van der Waals surface area contributed by atoms with Gasteiger partial charge in [-0.05, 0) is 53.3 Å². The minimum Gasteiger partial charge on any atom is -0.478 e. The van der Waals surface area contributed by atoms with Crippen LogP contribution in [-0.2, 0) is 17.9 Å². The van der Waals surface area contributed by atoms with Gasteiger partial charge in [0.15, 0.2) is 0 Å². The molecule has 0 aromatic heterocycles. The number of aliphatic carboxylic acids is 1. The van der Waals surface area contributed by atoms with E-state index in [4.69, 9.17) is 0 Å². The van der Waals surface area contributed by atoms with E-state index in [0.29, 0.717) is 5.57 Å². The molecule has 3 aromatic rings. The van der Waals surface area contributed by atoms with Crippen LogP contribution in [0.2, 0.25) is 0 Å². The maximum absolute atomic E-state index is 11.9. The second-order valence-electron chi connectivity index (χ2n) is 7.90. The van der Waals surface area contributed by atoms with Gasteiger partial charge in [0.25, 0.3) is 0 Å². The minimum atomic E-state index is -0.803. The number of carboxylic acids is 1. The van der Waals surface area contributed by atoms with E-state index < -0.39 is 5.97 Å². The first-order chi connectivity index (χ1) is 14.6. The van der Waals surface area contributed by atoms with Crippen LogP contribution < -0.4 is 4.90 Å². The van der Waals surface area contributed by atoms with Crippen LogP contribution in [0.3, 0.4) is 0 Å². The van der Waals surface area contributed by atoms with Crippen molar-refractivity contribution in [1.29, 1.82) is 0 Å². The summed E-state index contributed by atoms with van der Waals surface area (Å²) in [6.45, 7) is 5.59. The molecule has 0 fully saturated rings. The standard InChI is InChI=1S/C27H27NO2/c1-3-23-25-16-22(14-15-24(25)19(2)26(23)27(29)30)28(17-20-10-6-4-7-11-20)18-21-12-8-5-9-13-21/h4-16,23H,3,17-18H2,1-2H3,(H,29,30)/t23-/m1/s1. The topological polar surface area (TPSA) is 40.5 Å². The first-order valence-corrected chi connectivity index (χ1v) is 10.5. The molecule has 0 heterocycles. The van der Waals surface area contributed by atoms with Crippen molar-refractivity contribution in [2.24, 2.45) is 0 Å². The van der Waals surface area contributed by atoms with Gasteiger partial charge in [0.05, 0.1) is 0 Å². The number of carbonyl (C=O) groups is 1. The van der Waals surface area contributed by atoms with Crippen molar-refractivity contribution < 1.29 is 9.90 Å². The van der Waals surface area contributed by atoms with Crippen LogP contribution in [0, 0.1) is 0 Å². The van der Waals surface area contributed by atoms with Gasteiger partial charge in [0.2, 0.25) is 0 Å². The quantitative estimate of drug-likeness (QED) is 0.512. The fourth-order valence-electron chi connectivity index (χ4n) is 4.52. The molecule has 3 heteroatoms. The minimum absolute atomic E-state index is 0.0484. The van der Waals surface area contributed by atoms with E-state index in [1.807, 2.05) is 19.1 Å². The van der Waals surface area contributed by atoms with E-state index in [0.717, 1.165) is 41.9 Å². The van der Waals surface area contributed by atoms with E-state index >= 15 is 0 Å². The summed E-state index contributed by atoms with van der Waals surface area (Å²) >= 11 is 0. The van der Waals surface area contributed by atoms with E-state index in [-0.39, 0.29) is 5.92 Å². The molecule has 152 valence electrons. The summed E-state index contributed by atoms with van der Waals surface area (Å²) < 4.78 is 0. The summed E-state index contributed by atoms with van der Waals surface area (Å²) in [6, 6.07) is 27.4. The highest BCUT2D eigenvalue weighted by molar-refractivity contribution is 6.01. The smallest absolute Gasteiger partial charge is 0.332 e. The molecule has 1 aliphatic rings. The van der Waals surface area contributed by atoms with Gasteiger partial charge in [-0.1, -0.05) is 73.7 Å². The predicted molar refractivity (Wildman–Crippen MR) is 122 cm³/mol. The van der Waals surface area contributed by atoms with Crippen molar-refractivity contribution in [3.8, 4) is 0 Å². The van der Waals surface area contributed by atoms with Crippen LogP contribution in [0.4, 0.5) is 5.69 Å².